The van der Waals surface area contributed by atoms with Crippen LogP contribution in [0.5, 0.6) is 11.5 Å². The molecule has 0 unspecified atom stereocenters. The normalized spacial score (nSPS) is 10.8. The molecule has 2 aromatic rings. The molecule has 0 bridgehead atoms. The SMILES string of the molecule is COc1cc(/C=C/C(=O)Nc2ccccc2SC(=O)N(C)C)ccc1OC(F)F. The van der Waals surface area contributed by atoms with Crippen LogP contribution in [-0.4, -0.2) is 43.9 Å². The Balaban J connectivity index is 2.10. The molecule has 29 heavy (non-hydrogen) atoms. The molecule has 0 spiro atoms. The maximum atomic E-state index is 12.4. The summed E-state index contributed by atoms with van der Waals surface area (Å²) in [6.45, 7) is -2.96. The zero-order valence-corrected chi connectivity index (χ0v) is 16.8. The van der Waals surface area contributed by atoms with Gasteiger partial charge in [0.2, 0.25) is 5.91 Å². The van der Waals surface area contributed by atoms with Crippen LogP contribution in [0.3, 0.4) is 0 Å². The number of hydrogen-bond donors (Lipinski definition) is 1. The van der Waals surface area contributed by atoms with E-state index in [1.54, 1.807) is 38.4 Å². The summed E-state index contributed by atoms with van der Waals surface area (Å²) in [6, 6.07) is 11.3. The van der Waals surface area contributed by atoms with Crippen LogP contribution in [-0.2, 0) is 4.79 Å². The van der Waals surface area contributed by atoms with Gasteiger partial charge in [0.15, 0.2) is 11.5 Å². The molecular formula is C20H20F2N2O4S. The number of nitrogens with one attached hydrogen (secondary N) is 1. The molecule has 6 nitrogen and oxygen atoms in total. The van der Waals surface area contributed by atoms with Gasteiger partial charge in [-0.25, -0.2) is 0 Å². The Morgan fingerprint density at radius 1 is 1.14 bits per heavy atom. The Morgan fingerprint density at radius 2 is 1.86 bits per heavy atom. The number of nitrogens with zero attached hydrogens (tertiary/aromatic N) is 1. The summed E-state index contributed by atoms with van der Waals surface area (Å²) >= 11 is 1.00. The summed E-state index contributed by atoms with van der Waals surface area (Å²) in [5.74, 6) is -0.389. The fourth-order valence-corrected chi connectivity index (χ4v) is 2.92. The second kappa shape index (κ2) is 10.5. The highest BCUT2D eigenvalue weighted by Gasteiger charge is 2.12. The molecule has 2 amide bonds. The Bertz CT molecular complexity index is 904. The fraction of sp³-hybridized carbons (Fsp3) is 0.200. The van der Waals surface area contributed by atoms with Gasteiger partial charge in [-0.3, -0.25) is 9.59 Å². The molecule has 0 radical (unpaired) electrons. The standard InChI is InChI=1S/C20H20F2N2O4S/c1-24(2)20(26)29-17-7-5-4-6-14(17)23-18(25)11-9-13-8-10-15(28-19(21)22)16(12-13)27-3/h4-12,19H,1-3H3,(H,23,25)/b11-9+. The molecule has 2 rings (SSSR count). The molecule has 0 aliphatic carbocycles. The van der Waals surface area contributed by atoms with Crippen LogP contribution in [0.25, 0.3) is 6.08 Å². The van der Waals surface area contributed by atoms with Gasteiger partial charge in [0, 0.05) is 25.1 Å². The van der Waals surface area contributed by atoms with Gasteiger partial charge in [-0.1, -0.05) is 18.2 Å². The predicted octanol–water partition coefficient (Wildman–Crippen LogP) is 4.72. The number of thioether (sulfide) groups is 1. The van der Waals surface area contributed by atoms with Crippen molar-refractivity contribution in [1.82, 2.24) is 4.90 Å². The van der Waals surface area contributed by atoms with Crippen LogP contribution >= 0.6 is 11.8 Å². The van der Waals surface area contributed by atoms with E-state index >= 15 is 0 Å². The molecule has 0 saturated carbocycles. The third-order valence-corrected chi connectivity index (χ3v) is 4.65. The number of carbonyl (C=O) groups is 2. The molecule has 0 fully saturated rings. The zero-order valence-electron chi connectivity index (χ0n) is 16.0. The zero-order chi connectivity index (χ0) is 21.4. The summed E-state index contributed by atoms with van der Waals surface area (Å²) < 4.78 is 34.2. The highest BCUT2D eigenvalue weighted by Crippen LogP contribution is 2.30. The van der Waals surface area contributed by atoms with Crippen LogP contribution in [0.1, 0.15) is 5.56 Å². The third kappa shape index (κ3) is 6.79. The van der Waals surface area contributed by atoms with Gasteiger partial charge < -0.3 is 19.7 Å². The first kappa shape index (κ1) is 22.2. The summed E-state index contributed by atoms with van der Waals surface area (Å²) in [6.07, 6.45) is 2.79. The van der Waals surface area contributed by atoms with E-state index in [0.717, 1.165) is 11.8 Å². The van der Waals surface area contributed by atoms with Gasteiger partial charge in [-0.15, -0.1) is 0 Å². The maximum absolute atomic E-state index is 12.4. The van der Waals surface area contributed by atoms with Crippen molar-refractivity contribution in [1.29, 1.82) is 0 Å². The maximum Gasteiger partial charge on any atom is 0.387 e. The molecule has 1 N–H and O–H groups in total. The van der Waals surface area contributed by atoms with Crippen LogP contribution in [0.2, 0.25) is 0 Å². The van der Waals surface area contributed by atoms with Crippen LogP contribution in [0, 0.1) is 0 Å². The van der Waals surface area contributed by atoms with E-state index in [2.05, 4.69) is 10.1 Å². The van der Waals surface area contributed by atoms with E-state index < -0.39 is 12.5 Å². The Kier molecular flexibility index (Phi) is 8.02. The largest absolute Gasteiger partial charge is 0.493 e. The Labute approximate surface area is 171 Å². The number of ether oxygens (including phenoxy) is 2. The lowest BCUT2D eigenvalue weighted by atomic mass is 10.2. The first-order valence-electron chi connectivity index (χ1n) is 8.40. The number of alkyl halides is 2. The molecule has 154 valence electrons. The average molecular weight is 422 g/mol. The number of methoxy groups -OCH3 is 1. The van der Waals surface area contributed by atoms with E-state index in [-0.39, 0.29) is 16.7 Å². The summed E-state index contributed by atoms with van der Waals surface area (Å²) in [4.78, 5) is 26.2. The lowest BCUT2D eigenvalue weighted by molar-refractivity contribution is -0.111. The lowest BCUT2D eigenvalue weighted by Gasteiger charge is -2.12. The minimum Gasteiger partial charge on any atom is -0.493 e. The minimum absolute atomic E-state index is 0.0967. The van der Waals surface area contributed by atoms with E-state index in [1.165, 1.54) is 42.4 Å². The quantitative estimate of drug-likeness (QED) is 0.517. The monoisotopic (exact) mass is 422 g/mol. The van der Waals surface area contributed by atoms with Crippen molar-refractivity contribution < 1.29 is 27.8 Å². The average Bonchev–Trinajstić information content (AvgIpc) is 2.68. The fourth-order valence-electron chi connectivity index (χ4n) is 2.17. The third-order valence-electron chi connectivity index (χ3n) is 3.54. The number of hydrogen-bond acceptors (Lipinski definition) is 5. The topological polar surface area (TPSA) is 67.9 Å². The van der Waals surface area contributed by atoms with Crippen molar-refractivity contribution in [3.05, 3.63) is 54.1 Å². The van der Waals surface area contributed by atoms with Gasteiger partial charge in [-0.2, -0.15) is 8.78 Å². The van der Waals surface area contributed by atoms with Gasteiger partial charge in [-0.05, 0) is 47.7 Å². The second-order valence-corrected chi connectivity index (χ2v) is 6.86. The van der Waals surface area contributed by atoms with E-state index in [9.17, 15) is 18.4 Å². The summed E-state index contributed by atoms with van der Waals surface area (Å²) in [7, 11) is 4.62. The highest BCUT2D eigenvalue weighted by molar-refractivity contribution is 8.13. The van der Waals surface area contributed by atoms with E-state index in [1.807, 2.05) is 0 Å². The highest BCUT2D eigenvalue weighted by atomic mass is 32.2. The van der Waals surface area contributed by atoms with Crippen molar-refractivity contribution >= 4 is 34.7 Å². The van der Waals surface area contributed by atoms with Gasteiger partial charge in [0.05, 0.1) is 12.8 Å². The number of rotatable bonds is 7. The molecule has 0 heterocycles. The number of halogens is 2. The smallest absolute Gasteiger partial charge is 0.387 e. The number of carbonyl (C=O) groups excluding carboxylic acids is 2. The molecule has 2 aromatic carbocycles. The molecule has 0 aliphatic heterocycles. The van der Waals surface area contributed by atoms with Crippen LogP contribution in [0.15, 0.2) is 53.4 Å². The Hall–Kier alpha value is -3.07. The molecule has 9 heteroatoms. The molecular weight excluding hydrogens is 402 g/mol. The first-order chi connectivity index (χ1) is 13.8. The van der Waals surface area contributed by atoms with Crippen molar-refractivity contribution in [2.75, 3.05) is 26.5 Å². The van der Waals surface area contributed by atoms with Crippen molar-refractivity contribution in [3.63, 3.8) is 0 Å². The van der Waals surface area contributed by atoms with Crippen molar-refractivity contribution in [2.24, 2.45) is 0 Å². The second-order valence-electron chi connectivity index (χ2n) is 5.87. The minimum atomic E-state index is -2.96. The number of amides is 2. The van der Waals surface area contributed by atoms with Gasteiger partial charge in [0.25, 0.3) is 5.24 Å². The molecule has 0 saturated heterocycles. The van der Waals surface area contributed by atoms with Gasteiger partial charge >= 0.3 is 6.61 Å². The van der Waals surface area contributed by atoms with Crippen molar-refractivity contribution in [3.8, 4) is 11.5 Å². The molecule has 0 aliphatic rings. The predicted molar refractivity (Wildman–Crippen MR) is 109 cm³/mol. The summed E-state index contributed by atoms with van der Waals surface area (Å²) in [5.41, 5.74) is 1.06. The molecule has 0 atom stereocenters. The van der Waals surface area contributed by atoms with E-state index in [4.69, 9.17) is 4.74 Å². The number of anilines is 1. The van der Waals surface area contributed by atoms with Crippen LogP contribution < -0.4 is 14.8 Å². The van der Waals surface area contributed by atoms with Crippen LogP contribution in [0.4, 0.5) is 19.3 Å². The lowest BCUT2D eigenvalue weighted by Crippen LogP contribution is -2.16. The number of para-hydroxylation sites is 1. The first-order valence-corrected chi connectivity index (χ1v) is 9.22. The Morgan fingerprint density at radius 3 is 2.52 bits per heavy atom. The molecule has 0 aromatic heterocycles. The van der Waals surface area contributed by atoms with Crippen molar-refractivity contribution in [2.45, 2.75) is 11.5 Å². The van der Waals surface area contributed by atoms with E-state index in [0.29, 0.717) is 16.1 Å². The number of benzene rings is 2. The summed E-state index contributed by atoms with van der Waals surface area (Å²) in [5, 5.41) is 2.55. The van der Waals surface area contributed by atoms with Gasteiger partial charge in [0.1, 0.15) is 0 Å².